The molecule has 2 bridgehead atoms. The van der Waals surface area contributed by atoms with Gasteiger partial charge in [-0.15, -0.1) is 6.58 Å². The van der Waals surface area contributed by atoms with Gasteiger partial charge in [-0.1, -0.05) is 24.3 Å². The van der Waals surface area contributed by atoms with Crippen molar-refractivity contribution < 1.29 is 9.59 Å². The Morgan fingerprint density at radius 2 is 2.20 bits per heavy atom. The molecule has 1 aliphatic heterocycles. The lowest BCUT2D eigenvalue weighted by Crippen LogP contribution is -2.54. The minimum absolute atomic E-state index is 0.157. The third kappa shape index (κ3) is 2.12. The number of nitrogens with zero attached hydrogens (tertiary/aromatic N) is 1. The van der Waals surface area contributed by atoms with Crippen LogP contribution in [0.5, 0.6) is 0 Å². The van der Waals surface area contributed by atoms with Gasteiger partial charge >= 0.3 is 0 Å². The summed E-state index contributed by atoms with van der Waals surface area (Å²) in [7, 11) is 0. The molecule has 1 heterocycles. The number of carbonyl (C=O) groups is 2. The molecule has 104 valence electrons. The van der Waals surface area contributed by atoms with Crippen LogP contribution in [0.1, 0.15) is 12.8 Å². The highest BCUT2D eigenvalue weighted by Crippen LogP contribution is 2.44. The minimum atomic E-state index is -0.382. The van der Waals surface area contributed by atoms with Crippen molar-refractivity contribution in [1.82, 2.24) is 10.2 Å². The molecule has 20 heavy (non-hydrogen) atoms. The summed E-state index contributed by atoms with van der Waals surface area (Å²) in [5.41, 5.74) is 0.214. The van der Waals surface area contributed by atoms with Crippen molar-refractivity contribution >= 4 is 29.1 Å². The number of hydrogen-bond donors (Lipinski definition) is 1. The van der Waals surface area contributed by atoms with E-state index in [0.717, 1.165) is 12.8 Å². The Kier molecular flexibility index (Phi) is 3.30. The zero-order valence-electron chi connectivity index (χ0n) is 11.0. The Balaban J connectivity index is 1.85. The molecule has 3 rings (SSSR count). The fourth-order valence-electron chi connectivity index (χ4n) is 3.24. The third-order valence-electron chi connectivity index (χ3n) is 4.21. The first-order valence-electron chi connectivity index (χ1n) is 6.78. The maximum absolute atomic E-state index is 12.4. The van der Waals surface area contributed by atoms with Crippen molar-refractivity contribution in [3.63, 3.8) is 0 Å². The van der Waals surface area contributed by atoms with Gasteiger partial charge in [0.15, 0.2) is 5.11 Å². The lowest BCUT2D eigenvalue weighted by molar-refractivity contribution is -0.128. The molecule has 5 heteroatoms. The van der Waals surface area contributed by atoms with Gasteiger partial charge in [0.25, 0.3) is 11.8 Å². The first-order valence-corrected chi connectivity index (χ1v) is 7.19. The van der Waals surface area contributed by atoms with Crippen molar-refractivity contribution in [2.24, 2.45) is 17.8 Å². The second-order valence-corrected chi connectivity index (χ2v) is 5.87. The maximum atomic E-state index is 12.4. The highest BCUT2D eigenvalue weighted by molar-refractivity contribution is 7.80. The highest BCUT2D eigenvalue weighted by Gasteiger charge is 2.38. The van der Waals surface area contributed by atoms with E-state index in [-0.39, 0.29) is 28.4 Å². The summed E-state index contributed by atoms with van der Waals surface area (Å²) >= 11 is 5.02. The van der Waals surface area contributed by atoms with Crippen molar-refractivity contribution in [3.8, 4) is 0 Å². The number of carbonyl (C=O) groups excluding carboxylic acids is 2. The summed E-state index contributed by atoms with van der Waals surface area (Å²) in [4.78, 5) is 25.7. The molecule has 1 unspecified atom stereocenters. The zero-order chi connectivity index (χ0) is 14.3. The van der Waals surface area contributed by atoms with E-state index in [1.165, 1.54) is 4.90 Å². The van der Waals surface area contributed by atoms with Crippen molar-refractivity contribution in [2.45, 2.75) is 12.8 Å². The summed E-state index contributed by atoms with van der Waals surface area (Å²) in [6.45, 7) is 3.92. The van der Waals surface area contributed by atoms with Gasteiger partial charge in [0, 0.05) is 6.54 Å². The number of amides is 2. The van der Waals surface area contributed by atoms with Gasteiger partial charge in [-0.2, -0.15) is 0 Å². The summed E-state index contributed by atoms with van der Waals surface area (Å²) in [6.07, 6.45) is 10.0. The number of fused-ring (bicyclic) bond motifs is 2. The molecule has 0 aromatic heterocycles. The molecule has 4 nitrogen and oxygen atoms in total. The van der Waals surface area contributed by atoms with Crippen LogP contribution in [0, 0.1) is 17.8 Å². The molecule has 3 aliphatic rings. The second-order valence-electron chi connectivity index (χ2n) is 5.49. The molecular formula is C15H16N2O2S. The quantitative estimate of drug-likeness (QED) is 0.371. The van der Waals surface area contributed by atoms with Crippen LogP contribution in [-0.4, -0.2) is 28.4 Å². The maximum Gasteiger partial charge on any atom is 0.265 e. The molecule has 2 fully saturated rings. The molecule has 2 aliphatic carbocycles. The van der Waals surface area contributed by atoms with Crippen LogP contribution in [0.2, 0.25) is 0 Å². The molecule has 0 spiro atoms. The summed E-state index contributed by atoms with van der Waals surface area (Å²) in [5.74, 6) is 0.660. The average Bonchev–Trinajstić information content (AvgIpc) is 3.01. The van der Waals surface area contributed by atoms with Crippen LogP contribution in [-0.2, 0) is 9.59 Å². The monoisotopic (exact) mass is 288 g/mol. The van der Waals surface area contributed by atoms with E-state index in [9.17, 15) is 9.59 Å². The molecule has 3 atom stereocenters. The van der Waals surface area contributed by atoms with Gasteiger partial charge in [0.05, 0.1) is 0 Å². The molecule has 0 aromatic carbocycles. The van der Waals surface area contributed by atoms with Crippen LogP contribution in [0.3, 0.4) is 0 Å². The first kappa shape index (κ1) is 13.2. The predicted molar refractivity (Wildman–Crippen MR) is 79.6 cm³/mol. The Hall–Kier alpha value is -1.75. The summed E-state index contributed by atoms with van der Waals surface area (Å²) in [6, 6.07) is 0. The van der Waals surface area contributed by atoms with Crippen molar-refractivity contribution in [1.29, 1.82) is 0 Å². The number of nitrogens with one attached hydrogen (secondary N) is 1. The lowest BCUT2D eigenvalue weighted by atomic mass is 9.91. The van der Waals surface area contributed by atoms with Gasteiger partial charge in [0.2, 0.25) is 0 Å². The summed E-state index contributed by atoms with van der Waals surface area (Å²) in [5, 5.41) is 2.73. The Labute approximate surface area is 123 Å². The van der Waals surface area contributed by atoms with Crippen molar-refractivity contribution in [2.75, 3.05) is 6.54 Å². The molecule has 0 aromatic rings. The molecular weight excluding hydrogens is 272 g/mol. The molecule has 2 amide bonds. The van der Waals surface area contributed by atoms with E-state index in [1.54, 1.807) is 6.08 Å². The Morgan fingerprint density at radius 1 is 1.40 bits per heavy atom. The topological polar surface area (TPSA) is 49.4 Å². The Morgan fingerprint density at radius 3 is 2.80 bits per heavy atom. The van der Waals surface area contributed by atoms with E-state index < -0.39 is 0 Å². The number of allylic oxidation sites excluding steroid dienone is 3. The number of rotatable bonds is 3. The summed E-state index contributed by atoms with van der Waals surface area (Å²) < 4.78 is 0. The van der Waals surface area contributed by atoms with Crippen molar-refractivity contribution in [3.05, 3.63) is 36.5 Å². The van der Waals surface area contributed by atoms with E-state index in [4.69, 9.17) is 12.2 Å². The normalized spacial score (nSPS) is 34.0. The van der Waals surface area contributed by atoms with Gasteiger partial charge in [-0.3, -0.25) is 19.8 Å². The predicted octanol–water partition coefficient (Wildman–Crippen LogP) is 1.55. The van der Waals surface area contributed by atoms with Gasteiger partial charge < -0.3 is 0 Å². The first-order chi connectivity index (χ1) is 9.60. The minimum Gasteiger partial charge on any atom is -0.298 e. The van der Waals surface area contributed by atoms with Crippen LogP contribution >= 0.6 is 12.2 Å². The fourth-order valence-corrected chi connectivity index (χ4v) is 3.49. The smallest absolute Gasteiger partial charge is 0.265 e. The second kappa shape index (κ2) is 4.98. The van der Waals surface area contributed by atoms with E-state index in [1.807, 2.05) is 6.08 Å². The number of thiocarbonyl (C=S) groups is 1. The molecule has 1 saturated heterocycles. The standard InChI is InChI=1S/C15H16N2O2S/c1-2-5-17-14(19)12(13(18)16-15(17)20)8-11-7-9-3-4-10(11)6-9/h2-4,8-11H,1,5-7H2,(H,16,18,20)/b12-8+/t9-,10+,11?/m0/s1. The van der Waals surface area contributed by atoms with Crippen LogP contribution < -0.4 is 5.32 Å². The molecule has 1 N–H and O–H groups in total. The van der Waals surface area contributed by atoms with Crippen LogP contribution in [0.4, 0.5) is 0 Å². The number of hydrogen-bond acceptors (Lipinski definition) is 3. The SMILES string of the molecule is C=CCN1C(=O)/C(=C/C2C[C@H]3C=C[C@@H]2C3)C(=O)NC1=S. The van der Waals surface area contributed by atoms with Gasteiger partial charge in [0.1, 0.15) is 5.57 Å². The lowest BCUT2D eigenvalue weighted by Gasteiger charge is -2.28. The van der Waals surface area contributed by atoms with Gasteiger partial charge in [-0.25, -0.2) is 0 Å². The third-order valence-corrected chi connectivity index (χ3v) is 4.53. The molecule has 1 saturated carbocycles. The average molecular weight is 288 g/mol. The molecule has 0 radical (unpaired) electrons. The zero-order valence-corrected chi connectivity index (χ0v) is 11.9. The van der Waals surface area contributed by atoms with E-state index in [2.05, 4.69) is 24.0 Å². The van der Waals surface area contributed by atoms with E-state index >= 15 is 0 Å². The largest absolute Gasteiger partial charge is 0.298 e. The van der Waals surface area contributed by atoms with Gasteiger partial charge in [-0.05, 0) is 42.8 Å². The van der Waals surface area contributed by atoms with Crippen LogP contribution in [0.15, 0.2) is 36.5 Å². The van der Waals surface area contributed by atoms with Crippen LogP contribution in [0.25, 0.3) is 0 Å². The highest BCUT2D eigenvalue weighted by atomic mass is 32.1. The Bertz CT molecular complexity index is 564. The van der Waals surface area contributed by atoms with E-state index in [0.29, 0.717) is 18.4 Å². The fraction of sp³-hybridized carbons (Fsp3) is 0.400.